The van der Waals surface area contributed by atoms with Crippen LogP contribution in [-0.4, -0.2) is 61.8 Å². The predicted octanol–water partition coefficient (Wildman–Crippen LogP) is 2.59. The number of hydrogen-bond acceptors (Lipinski definition) is 3. The summed E-state index contributed by atoms with van der Waals surface area (Å²) in [6.07, 6.45) is 0.963. The number of amides is 2. The number of nitrogens with zero attached hydrogens (tertiary/aromatic N) is 2. The summed E-state index contributed by atoms with van der Waals surface area (Å²) < 4.78 is 5.36. The molecule has 0 aliphatic carbocycles. The monoisotopic (exact) mass is 339 g/mol. The van der Waals surface area contributed by atoms with Gasteiger partial charge in [-0.05, 0) is 31.0 Å². The number of nitrogens with one attached hydrogen (secondary N) is 1. The van der Waals surface area contributed by atoms with Crippen LogP contribution < -0.4 is 5.32 Å². The Morgan fingerprint density at radius 1 is 1.30 bits per heavy atom. The Bertz CT molecular complexity index is 475. The van der Waals surface area contributed by atoms with Crippen molar-refractivity contribution in [2.75, 3.05) is 45.9 Å². The first-order valence-corrected chi connectivity index (χ1v) is 8.64. The summed E-state index contributed by atoms with van der Waals surface area (Å²) in [5, 5.41) is 3.61. The fourth-order valence-corrected chi connectivity index (χ4v) is 2.76. The molecule has 0 bridgehead atoms. The SMILES string of the molecule is CCNC(=O)N(CCCN1CCOCC1)Cc1ccc(Cl)cc1. The summed E-state index contributed by atoms with van der Waals surface area (Å²) in [7, 11) is 0. The molecule has 2 amide bonds. The topological polar surface area (TPSA) is 44.8 Å². The van der Waals surface area contributed by atoms with Crippen molar-refractivity contribution in [3.8, 4) is 0 Å². The molecule has 0 aromatic heterocycles. The van der Waals surface area contributed by atoms with Gasteiger partial charge in [0.25, 0.3) is 0 Å². The summed E-state index contributed by atoms with van der Waals surface area (Å²) in [6.45, 7) is 8.51. The number of hydrogen-bond donors (Lipinski definition) is 1. The molecule has 1 aromatic carbocycles. The Morgan fingerprint density at radius 2 is 2.00 bits per heavy atom. The van der Waals surface area contributed by atoms with Crippen LogP contribution in [0.25, 0.3) is 0 Å². The van der Waals surface area contributed by atoms with Crippen LogP contribution in [0.2, 0.25) is 5.02 Å². The van der Waals surface area contributed by atoms with E-state index in [2.05, 4.69) is 10.2 Å². The van der Waals surface area contributed by atoms with Crippen LogP contribution >= 0.6 is 11.6 Å². The van der Waals surface area contributed by atoms with Gasteiger partial charge in [-0.1, -0.05) is 23.7 Å². The highest BCUT2D eigenvalue weighted by Gasteiger charge is 2.15. The van der Waals surface area contributed by atoms with Gasteiger partial charge in [0.1, 0.15) is 0 Å². The second kappa shape index (κ2) is 9.75. The van der Waals surface area contributed by atoms with Gasteiger partial charge in [-0.25, -0.2) is 4.79 Å². The Balaban J connectivity index is 1.85. The molecular formula is C17H26ClN3O2. The van der Waals surface area contributed by atoms with E-state index in [1.54, 1.807) is 0 Å². The van der Waals surface area contributed by atoms with E-state index < -0.39 is 0 Å². The molecule has 1 aliphatic heterocycles. The van der Waals surface area contributed by atoms with E-state index in [4.69, 9.17) is 16.3 Å². The van der Waals surface area contributed by atoms with Gasteiger partial charge in [-0.15, -0.1) is 0 Å². The highest BCUT2D eigenvalue weighted by atomic mass is 35.5. The van der Waals surface area contributed by atoms with Gasteiger partial charge >= 0.3 is 6.03 Å². The molecule has 2 rings (SSSR count). The molecule has 1 fully saturated rings. The molecule has 0 atom stereocenters. The van der Waals surface area contributed by atoms with Gasteiger partial charge in [0.05, 0.1) is 13.2 Å². The van der Waals surface area contributed by atoms with E-state index in [1.807, 2.05) is 36.1 Å². The Morgan fingerprint density at radius 3 is 2.65 bits per heavy atom. The van der Waals surface area contributed by atoms with Crippen LogP contribution in [0.15, 0.2) is 24.3 Å². The van der Waals surface area contributed by atoms with E-state index in [-0.39, 0.29) is 6.03 Å². The van der Waals surface area contributed by atoms with Gasteiger partial charge in [-0.3, -0.25) is 4.90 Å². The lowest BCUT2D eigenvalue weighted by Crippen LogP contribution is -2.42. The highest BCUT2D eigenvalue weighted by Crippen LogP contribution is 2.12. The number of urea groups is 1. The first-order chi connectivity index (χ1) is 11.2. The van der Waals surface area contributed by atoms with Crippen molar-refractivity contribution in [3.05, 3.63) is 34.9 Å². The lowest BCUT2D eigenvalue weighted by atomic mass is 10.2. The van der Waals surface area contributed by atoms with Crippen LogP contribution in [0.5, 0.6) is 0 Å². The second-order valence-electron chi connectivity index (χ2n) is 5.69. The standard InChI is InChI=1S/C17H26ClN3O2/c1-2-19-17(22)21(14-15-4-6-16(18)7-5-15)9-3-8-20-10-12-23-13-11-20/h4-7H,2-3,8-14H2,1H3,(H,19,22). The molecule has 1 aromatic rings. The molecular weight excluding hydrogens is 314 g/mol. The van der Waals surface area contributed by atoms with E-state index >= 15 is 0 Å². The summed E-state index contributed by atoms with van der Waals surface area (Å²) in [6, 6.07) is 7.65. The van der Waals surface area contributed by atoms with Crippen molar-refractivity contribution in [1.29, 1.82) is 0 Å². The molecule has 6 heteroatoms. The molecule has 0 saturated carbocycles. The van der Waals surface area contributed by atoms with E-state index in [1.165, 1.54) is 0 Å². The Labute approximate surface area is 143 Å². The zero-order valence-electron chi connectivity index (χ0n) is 13.8. The number of carbonyl (C=O) groups is 1. The number of halogens is 1. The first kappa shape index (κ1) is 18.0. The maximum Gasteiger partial charge on any atom is 0.317 e. The number of ether oxygens (including phenoxy) is 1. The molecule has 23 heavy (non-hydrogen) atoms. The number of morpholine rings is 1. The third-order valence-electron chi connectivity index (χ3n) is 3.91. The summed E-state index contributed by atoms with van der Waals surface area (Å²) in [4.78, 5) is 16.5. The minimum atomic E-state index is -0.00979. The molecule has 5 nitrogen and oxygen atoms in total. The summed E-state index contributed by atoms with van der Waals surface area (Å²) in [5.74, 6) is 0. The average Bonchev–Trinajstić information content (AvgIpc) is 2.57. The molecule has 128 valence electrons. The quantitative estimate of drug-likeness (QED) is 0.830. The normalized spacial score (nSPS) is 15.4. The molecule has 1 saturated heterocycles. The largest absolute Gasteiger partial charge is 0.379 e. The van der Waals surface area contributed by atoms with Crippen molar-refractivity contribution < 1.29 is 9.53 Å². The summed E-state index contributed by atoms with van der Waals surface area (Å²) >= 11 is 5.92. The van der Waals surface area contributed by atoms with Gasteiger partial charge in [0.15, 0.2) is 0 Å². The lowest BCUT2D eigenvalue weighted by molar-refractivity contribution is 0.0364. The van der Waals surface area contributed by atoms with Crippen LogP contribution in [0.4, 0.5) is 4.79 Å². The number of rotatable bonds is 7. The van der Waals surface area contributed by atoms with E-state index in [0.29, 0.717) is 18.1 Å². The fourth-order valence-electron chi connectivity index (χ4n) is 2.64. The molecule has 0 spiro atoms. The maximum atomic E-state index is 12.3. The molecule has 0 unspecified atom stereocenters. The fraction of sp³-hybridized carbons (Fsp3) is 0.588. The molecule has 0 radical (unpaired) electrons. The van der Waals surface area contributed by atoms with Gasteiger partial charge < -0.3 is 15.0 Å². The highest BCUT2D eigenvalue weighted by molar-refractivity contribution is 6.30. The van der Waals surface area contributed by atoms with Crippen molar-refractivity contribution >= 4 is 17.6 Å². The van der Waals surface area contributed by atoms with E-state index in [0.717, 1.165) is 51.4 Å². The molecule has 1 aliphatic rings. The molecule has 1 N–H and O–H groups in total. The molecule has 1 heterocycles. The van der Waals surface area contributed by atoms with Crippen LogP contribution in [0.1, 0.15) is 18.9 Å². The lowest BCUT2D eigenvalue weighted by Gasteiger charge is -2.28. The average molecular weight is 340 g/mol. The predicted molar refractivity (Wildman–Crippen MR) is 92.8 cm³/mol. The van der Waals surface area contributed by atoms with Crippen LogP contribution in [0.3, 0.4) is 0 Å². The smallest absolute Gasteiger partial charge is 0.317 e. The Kier molecular flexibility index (Phi) is 7.65. The van der Waals surface area contributed by atoms with Gasteiger partial charge in [0.2, 0.25) is 0 Å². The minimum absolute atomic E-state index is 0.00979. The van der Waals surface area contributed by atoms with Crippen LogP contribution in [-0.2, 0) is 11.3 Å². The van der Waals surface area contributed by atoms with Crippen LogP contribution in [0, 0.1) is 0 Å². The number of benzene rings is 1. The van der Waals surface area contributed by atoms with E-state index in [9.17, 15) is 4.79 Å². The van der Waals surface area contributed by atoms with Gasteiger partial charge in [-0.2, -0.15) is 0 Å². The minimum Gasteiger partial charge on any atom is -0.379 e. The maximum absolute atomic E-state index is 12.3. The third-order valence-corrected chi connectivity index (χ3v) is 4.16. The second-order valence-corrected chi connectivity index (χ2v) is 6.13. The summed E-state index contributed by atoms with van der Waals surface area (Å²) in [5.41, 5.74) is 1.09. The van der Waals surface area contributed by atoms with Crippen molar-refractivity contribution in [3.63, 3.8) is 0 Å². The Hall–Kier alpha value is -1.30. The van der Waals surface area contributed by atoms with Crippen molar-refractivity contribution in [2.45, 2.75) is 19.9 Å². The zero-order chi connectivity index (χ0) is 16.5. The zero-order valence-corrected chi connectivity index (χ0v) is 14.5. The van der Waals surface area contributed by atoms with Crippen molar-refractivity contribution in [1.82, 2.24) is 15.1 Å². The first-order valence-electron chi connectivity index (χ1n) is 8.26. The number of carbonyl (C=O) groups excluding carboxylic acids is 1. The van der Waals surface area contributed by atoms with Crippen molar-refractivity contribution in [2.24, 2.45) is 0 Å². The van der Waals surface area contributed by atoms with Gasteiger partial charge in [0, 0.05) is 44.3 Å². The third kappa shape index (κ3) is 6.37.